The standard InChI is InChI=1S/C15H19N3O3.ClH/c19-14(10-1-2-10)17-11-3-5-12(6-4-11)18-15(20)13-9-16-7-8-21-13;/h3-6,10,13,16H,1-2,7-9H2,(H,17,19)(H,18,20);1H. The largest absolute Gasteiger partial charge is 0.366 e. The molecular weight excluding hydrogens is 306 g/mol. The van der Waals surface area contributed by atoms with Crippen molar-refractivity contribution in [1.29, 1.82) is 0 Å². The average molecular weight is 326 g/mol. The van der Waals surface area contributed by atoms with E-state index in [4.69, 9.17) is 4.74 Å². The van der Waals surface area contributed by atoms with Crippen molar-refractivity contribution < 1.29 is 14.3 Å². The molecule has 0 aromatic heterocycles. The SMILES string of the molecule is Cl.O=C(Nc1ccc(NC(=O)C2CNCCO2)cc1)C1CC1. The molecule has 0 radical (unpaired) electrons. The number of anilines is 2. The number of carbonyl (C=O) groups is 2. The molecular formula is C15H20ClN3O3. The Bertz CT molecular complexity index is 525. The van der Waals surface area contributed by atoms with Crippen molar-refractivity contribution in [2.24, 2.45) is 5.92 Å². The van der Waals surface area contributed by atoms with Gasteiger partial charge in [-0.3, -0.25) is 9.59 Å². The number of benzene rings is 1. The van der Waals surface area contributed by atoms with Gasteiger partial charge in [0.2, 0.25) is 5.91 Å². The number of hydrogen-bond acceptors (Lipinski definition) is 4. The van der Waals surface area contributed by atoms with Gasteiger partial charge >= 0.3 is 0 Å². The fourth-order valence-corrected chi connectivity index (χ4v) is 2.18. The molecule has 1 aliphatic carbocycles. The second-order valence-electron chi connectivity index (χ2n) is 5.39. The van der Waals surface area contributed by atoms with Gasteiger partial charge in [0.25, 0.3) is 5.91 Å². The van der Waals surface area contributed by atoms with Gasteiger partial charge in [0.15, 0.2) is 0 Å². The molecule has 1 saturated heterocycles. The predicted molar refractivity (Wildman–Crippen MR) is 86.3 cm³/mol. The molecule has 6 nitrogen and oxygen atoms in total. The molecule has 3 rings (SSSR count). The quantitative estimate of drug-likeness (QED) is 0.781. The minimum atomic E-state index is -0.451. The van der Waals surface area contributed by atoms with Crippen LogP contribution >= 0.6 is 12.4 Å². The van der Waals surface area contributed by atoms with Crippen molar-refractivity contribution in [2.75, 3.05) is 30.3 Å². The number of ether oxygens (including phenoxy) is 1. The Morgan fingerprint density at radius 1 is 1.05 bits per heavy atom. The molecule has 0 bridgehead atoms. The Morgan fingerprint density at radius 3 is 2.14 bits per heavy atom. The van der Waals surface area contributed by atoms with E-state index in [0.717, 1.165) is 25.1 Å². The molecule has 3 N–H and O–H groups in total. The van der Waals surface area contributed by atoms with Crippen LogP contribution in [0.1, 0.15) is 12.8 Å². The summed E-state index contributed by atoms with van der Waals surface area (Å²) < 4.78 is 5.39. The van der Waals surface area contributed by atoms with Gasteiger partial charge in [0.05, 0.1) is 6.61 Å². The van der Waals surface area contributed by atoms with Gasteiger partial charge < -0.3 is 20.7 Å². The molecule has 1 aromatic rings. The summed E-state index contributed by atoms with van der Waals surface area (Å²) in [5.41, 5.74) is 1.44. The van der Waals surface area contributed by atoms with Crippen molar-refractivity contribution in [3.05, 3.63) is 24.3 Å². The third-order valence-corrected chi connectivity index (χ3v) is 3.59. The van der Waals surface area contributed by atoms with Crippen molar-refractivity contribution in [3.63, 3.8) is 0 Å². The molecule has 22 heavy (non-hydrogen) atoms. The summed E-state index contributed by atoms with van der Waals surface area (Å²) in [6.07, 6.45) is 1.51. The average Bonchev–Trinajstić information content (AvgIpc) is 3.35. The Morgan fingerprint density at radius 2 is 1.64 bits per heavy atom. The summed E-state index contributed by atoms with van der Waals surface area (Å²) in [7, 11) is 0. The lowest BCUT2D eigenvalue weighted by Crippen LogP contribution is -2.45. The van der Waals surface area contributed by atoms with E-state index in [1.807, 2.05) is 0 Å². The smallest absolute Gasteiger partial charge is 0.254 e. The maximum absolute atomic E-state index is 12.0. The van der Waals surface area contributed by atoms with Crippen molar-refractivity contribution in [3.8, 4) is 0 Å². The van der Waals surface area contributed by atoms with Crippen molar-refractivity contribution >= 4 is 35.6 Å². The molecule has 2 amide bonds. The zero-order valence-electron chi connectivity index (χ0n) is 12.1. The molecule has 2 fully saturated rings. The van der Waals surface area contributed by atoms with Crippen LogP contribution < -0.4 is 16.0 Å². The summed E-state index contributed by atoms with van der Waals surface area (Å²) in [4.78, 5) is 23.6. The van der Waals surface area contributed by atoms with E-state index in [-0.39, 0.29) is 30.1 Å². The predicted octanol–water partition coefficient (Wildman–Crippen LogP) is 1.38. The normalized spacial score (nSPS) is 20.6. The minimum absolute atomic E-state index is 0. The molecule has 7 heteroatoms. The lowest BCUT2D eigenvalue weighted by molar-refractivity contribution is -0.128. The highest BCUT2D eigenvalue weighted by Crippen LogP contribution is 2.30. The first kappa shape index (κ1) is 16.7. The van der Waals surface area contributed by atoms with Gasteiger partial charge in [-0.25, -0.2) is 0 Å². The second-order valence-corrected chi connectivity index (χ2v) is 5.39. The maximum Gasteiger partial charge on any atom is 0.254 e. The molecule has 120 valence electrons. The highest BCUT2D eigenvalue weighted by atomic mass is 35.5. The van der Waals surface area contributed by atoms with Crippen LogP contribution in [0.4, 0.5) is 11.4 Å². The summed E-state index contributed by atoms with van der Waals surface area (Å²) in [6, 6.07) is 7.12. The molecule has 1 aromatic carbocycles. The summed E-state index contributed by atoms with van der Waals surface area (Å²) in [5.74, 6) is 0.103. The number of hydrogen-bond donors (Lipinski definition) is 3. The van der Waals surface area contributed by atoms with Crippen LogP contribution in [0.15, 0.2) is 24.3 Å². The molecule has 2 aliphatic rings. The number of nitrogens with one attached hydrogen (secondary N) is 3. The third-order valence-electron chi connectivity index (χ3n) is 3.59. The van der Waals surface area contributed by atoms with E-state index in [2.05, 4.69) is 16.0 Å². The molecule has 1 atom stereocenters. The number of carbonyl (C=O) groups excluding carboxylic acids is 2. The van der Waals surface area contributed by atoms with Gasteiger partial charge in [0.1, 0.15) is 6.10 Å². The minimum Gasteiger partial charge on any atom is -0.366 e. The van der Waals surface area contributed by atoms with E-state index in [1.165, 1.54) is 0 Å². The first-order valence-corrected chi connectivity index (χ1v) is 7.26. The number of halogens is 1. The van der Waals surface area contributed by atoms with Crippen LogP contribution in [-0.4, -0.2) is 37.6 Å². The van der Waals surface area contributed by atoms with Crippen LogP contribution in [0.2, 0.25) is 0 Å². The summed E-state index contributed by atoms with van der Waals surface area (Å²) in [5, 5.41) is 8.79. The highest BCUT2D eigenvalue weighted by Gasteiger charge is 2.29. The summed E-state index contributed by atoms with van der Waals surface area (Å²) in [6.45, 7) is 1.85. The van der Waals surface area contributed by atoms with Gasteiger partial charge in [-0.2, -0.15) is 0 Å². The fraction of sp³-hybridized carbons (Fsp3) is 0.467. The van der Waals surface area contributed by atoms with Crippen molar-refractivity contribution in [1.82, 2.24) is 5.32 Å². The van der Waals surface area contributed by atoms with Gasteiger partial charge in [-0.1, -0.05) is 0 Å². The maximum atomic E-state index is 12.0. The lowest BCUT2D eigenvalue weighted by Gasteiger charge is -2.22. The van der Waals surface area contributed by atoms with Crippen LogP contribution in [0.5, 0.6) is 0 Å². The van der Waals surface area contributed by atoms with Gasteiger partial charge in [0, 0.05) is 30.4 Å². The van der Waals surface area contributed by atoms with E-state index in [9.17, 15) is 9.59 Å². The third kappa shape index (κ3) is 4.43. The van der Waals surface area contributed by atoms with E-state index >= 15 is 0 Å². The van der Waals surface area contributed by atoms with Crippen LogP contribution in [-0.2, 0) is 14.3 Å². The lowest BCUT2D eigenvalue weighted by atomic mass is 10.2. The van der Waals surface area contributed by atoms with Crippen LogP contribution in [0.3, 0.4) is 0 Å². The highest BCUT2D eigenvalue weighted by molar-refractivity contribution is 5.96. The number of rotatable bonds is 4. The topological polar surface area (TPSA) is 79.5 Å². The monoisotopic (exact) mass is 325 g/mol. The zero-order valence-corrected chi connectivity index (χ0v) is 12.9. The first-order valence-electron chi connectivity index (χ1n) is 7.26. The van der Waals surface area contributed by atoms with Crippen LogP contribution in [0.25, 0.3) is 0 Å². The molecule has 1 unspecified atom stereocenters. The zero-order chi connectivity index (χ0) is 14.7. The Balaban J connectivity index is 0.00000176. The van der Waals surface area contributed by atoms with E-state index in [1.54, 1.807) is 24.3 Å². The Hall–Kier alpha value is -1.63. The number of amides is 2. The van der Waals surface area contributed by atoms with Crippen molar-refractivity contribution in [2.45, 2.75) is 18.9 Å². The Kier molecular flexibility index (Phi) is 5.76. The van der Waals surface area contributed by atoms with Crippen LogP contribution in [0, 0.1) is 5.92 Å². The van der Waals surface area contributed by atoms with E-state index in [0.29, 0.717) is 18.8 Å². The summed E-state index contributed by atoms with van der Waals surface area (Å²) >= 11 is 0. The number of morpholine rings is 1. The molecule has 1 heterocycles. The molecule has 0 spiro atoms. The second kappa shape index (κ2) is 7.58. The molecule has 1 aliphatic heterocycles. The van der Waals surface area contributed by atoms with Gasteiger partial charge in [-0.15, -0.1) is 12.4 Å². The Labute approximate surface area is 135 Å². The van der Waals surface area contributed by atoms with Gasteiger partial charge in [-0.05, 0) is 37.1 Å². The molecule has 1 saturated carbocycles. The fourth-order valence-electron chi connectivity index (χ4n) is 2.18. The first-order chi connectivity index (χ1) is 10.2. The van der Waals surface area contributed by atoms with E-state index < -0.39 is 6.10 Å².